The van der Waals surface area contributed by atoms with Crippen LogP contribution in [0.3, 0.4) is 0 Å². The van der Waals surface area contributed by atoms with Gasteiger partial charge in [0, 0.05) is 0 Å². The van der Waals surface area contributed by atoms with E-state index in [4.69, 9.17) is 0 Å². The fourth-order valence-corrected chi connectivity index (χ4v) is 1.68. The summed E-state index contributed by atoms with van der Waals surface area (Å²) in [5.74, 6) is 0. The zero-order valence-corrected chi connectivity index (χ0v) is 15.2. The number of allylic oxidation sites excluding steroid dienone is 9. The van der Waals surface area contributed by atoms with Crippen LogP contribution in [0.25, 0.3) is 0 Å². The van der Waals surface area contributed by atoms with Gasteiger partial charge in [0.25, 0.3) is 0 Å². The highest BCUT2D eigenvalue weighted by Crippen LogP contribution is 2.13. The molecule has 0 aliphatic carbocycles. The van der Waals surface area contributed by atoms with Gasteiger partial charge in [0.15, 0.2) is 0 Å². The summed E-state index contributed by atoms with van der Waals surface area (Å²) in [5, 5.41) is 0. The van der Waals surface area contributed by atoms with Crippen molar-refractivity contribution < 1.29 is 0 Å². The average Bonchev–Trinajstić information content (AvgIpc) is 2.52. The van der Waals surface area contributed by atoms with Crippen molar-refractivity contribution in [3.05, 3.63) is 59.8 Å². The molecule has 0 fully saturated rings. The van der Waals surface area contributed by atoms with Gasteiger partial charge in [-0.1, -0.05) is 83.6 Å². The molecule has 120 valence electrons. The van der Waals surface area contributed by atoms with Gasteiger partial charge in [-0.3, -0.25) is 0 Å². The van der Waals surface area contributed by atoms with Gasteiger partial charge in [0.2, 0.25) is 0 Å². The molecule has 0 heterocycles. The Morgan fingerprint density at radius 2 is 1.52 bits per heavy atom. The molecule has 0 heteroatoms. The normalized spacial score (nSPS) is 13.1. The summed E-state index contributed by atoms with van der Waals surface area (Å²) in [5.41, 5.74) is 3.97. The zero-order chi connectivity index (χ0) is 16.5. The molecule has 0 spiro atoms. The molecule has 0 bridgehead atoms. The first-order valence-corrected chi connectivity index (χ1v) is 8.49. The van der Waals surface area contributed by atoms with Gasteiger partial charge in [-0.25, -0.2) is 0 Å². The summed E-state index contributed by atoms with van der Waals surface area (Å²) in [6.45, 7) is 16.6. The van der Waals surface area contributed by atoms with Crippen LogP contribution >= 0.6 is 0 Å². The van der Waals surface area contributed by atoms with E-state index in [-0.39, 0.29) is 0 Å². The standard InChI is InChI=1S/C19H30.C2H6/c1-6-9-11-13-17(4)18(5)15-16-19(8-3)14-12-10-7-2;1-2/h8-9,11,13,15-16H,3,6-7,10,12,14H2,1-2,4-5H3;1-2H3/b11-9-,17-13+,18-15+,19-16+;. The summed E-state index contributed by atoms with van der Waals surface area (Å²) in [4.78, 5) is 0. The molecule has 0 radical (unpaired) electrons. The smallest absolute Gasteiger partial charge is 0.0279 e. The van der Waals surface area contributed by atoms with E-state index in [2.05, 4.69) is 64.7 Å². The lowest BCUT2D eigenvalue weighted by atomic mass is 10.0. The molecule has 21 heavy (non-hydrogen) atoms. The predicted molar refractivity (Wildman–Crippen MR) is 101 cm³/mol. The molecule has 0 saturated carbocycles. The molecular weight excluding hydrogens is 252 g/mol. The maximum Gasteiger partial charge on any atom is -0.0279 e. The minimum absolute atomic E-state index is 1.09. The summed E-state index contributed by atoms with van der Waals surface area (Å²) in [6, 6.07) is 0. The van der Waals surface area contributed by atoms with E-state index in [1.165, 1.54) is 36.0 Å². The van der Waals surface area contributed by atoms with Crippen LogP contribution in [0.5, 0.6) is 0 Å². The summed E-state index contributed by atoms with van der Waals surface area (Å²) in [7, 11) is 0. The number of unbranched alkanes of at least 4 members (excludes halogenated alkanes) is 2. The van der Waals surface area contributed by atoms with Crippen LogP contribution in [0.15, 0.2) is 59.8 Å². The molecule has 0 aliphatic heterocycles. The van der Waals surface area contributed by atoms with Crippen LogP contribution in [-0.2, 0) is 0 Å². The highest BCUT2D eigenvalue weighted by Gasteiger charge is 1.93. The van der Waals surface area contributed by atoms with Crippen molar-refractivity contribution in [1.29, 1.82) is 0 Å². The topological polar surface area (TPSA) is 0 Å². The zero-order valence-electron chi connectivity index (χ0n) is 15.2. The summed E-state index contributed by atoms with van der Waals surface area (Å²) in [6.07, 6.45) is 18.9. The predicted octanol–water partition coefficient (Wildman–Crippen LogP) is 7.56. The van der Waals surface area contributed by atoms with E-state index >= 15 is 0 Å². The first-order valence-electron chi connectivity index (χ1n) is 8.49. The highest BCUT2D eigenvalue weighted by atomic mass is 14.0. The van der Waals surface area contributed by atoms with E-state index in [0.717, 1.165) is 12.8 Å². The number of rotatable bonds is 9. The van der Waals surface area contributed by atoms with Gasteiger partial charge in [-0.2, -0.15) is 0 Å². The highest BCUT2D eigenvalue weighted by molar-refractivity contribution is 5.35. The third kappa shape index (κ3) is 13.4. The Hall–Kier alpha value is -1.30. The van der Waals surface area contributed by atoms with E-state index in [1.54, 1.807) is 0 Å². The number of hydrogen-bond acceptors (Lipinski definition) is 0. The van der Waals surface area contributed by atoms with Crippen molar-refractivity contribution in [3.63, 3.8) is 0 Å². The minimum Gasteiger partial charge on any atom is -0.0988 e. The maximum atomic E-state index is 3.90. The molecule has 0 nitrogen and oxygen atoms in total. The molecule has 0 aromatic rings. The van der Waals surface area contributed by atoms with E-state index in [1.807, 2.05) is 19.9 Å². The third-order valence-corrected chi connectivity index (χ3v) is 3.22. The molecular formula is C21H36. The van der Waals surface area contributed by atoms with Crippen molar-refractivity contribution in [3.8, 4) is 0 Å². The lowest BCUT2D eigenvalue weighted by Crippen LogP contribution is -1.82. The van der Waals surface area contributed by atoms with Gasteiger partial charge in [-0.05, 0) is 49.8 Å². The van der Waals surface area contributed by atoms with Crippen LogP contribution in [0.1, 0.15) is 73.6 Å². The van der Waals surface area contributed by atoms with Crippen LogP contribution in [0.2, 0.25) is 0 Å². The van der Waals surface area contributed by atoms with E-state index in [0.29, 0.717) is 0 Å². The molecule has 0 aromatic heterocycles. The number of hydrogen-bond donors (Lipinski definition) is 0. The quantitative estimate of drug-likeness (QED) is 0.303. The van der Waals surface area contributed by atoms with Gasteiger partial charge >= 0.3 is 0 Å². The average molecular weight is 289 g/mol. The summed E-state index contributed by atoms with van der Waals surface area (Å²) >= 11 is 0. The second-order valence-corrected chi connectivity index (χ2v) is 4.94. The summed E-state index contributed by atoms with van der Waals surface area (Å²) < 4.78 is 0. The fourth-order valence-electron chi connectivity index (χ4n) is 1.68. The largest absolute Gasteiger partial charge is 0.0988 e. The van der Waals surface area contributed by atoms with Gasteiger partial charge < -0.3 is 0 Å². The first kappa shape index (κ1) is 22.0. The monoisotopic (exact) mass is 288 g/mol. The molecule has 0 rings (SSSR count). The van der Waals surface area contributed by atoms with Crippen molar-refractivity contribution in [2.45, 2.75) is 73.6 Å². The molecule has 0 N–H and O–H groups in total. The SMILES string of the molecule is C=C\C(=C/C=C(C)/C(C)=C/C=C\CC)CCCCC.CC. The Morgan fingerprint density at radius 3 is 2.05 bits per heavy atom. The van der Waals surface area contributed by atoms with Crippen molar-refractivity contribution in [2.24, 2.45) is 0 Å². The van der Waals surface area contributed by atoms with E-state index in [9.17, 15) is 0 Å². The van der Waals surface area contributed by atoms with Crippen LogP contribution in [-0.4, -0.2) is 0 Å². The van der Waals surface area contributed by atoms with E-state index < -0.39 is 0 Å². The van der Waals surface area contributed by atoms with Crippen LogP contribution in [0.4, 0.5) is 0 Å². The molecule has 0 saturated heterocycles. The Labute approximate surface area is 134 Å². The fraction of sp³-hybridized carbons (Fsp3) is 0.524. The molecule has 0 aliphatic rings. The molecule has 0 aromatic carbocycles. The lowest BCUT2D eigenvalue weighted by molar-refractivity contribution is 0.719. The van der Waals surface area contributed by atoms with Gasteiger partial charge in [0.05, 0.1) is 0 Å². The van der Waals surface area contributed by atoms with Gasteiger partial charge in [0.1, 0.15) is 0 Å². The first-order chi connectivity index (χ1) is 10.2. The Kier molecular flexibility index (Phi) is 17.5. The minimum atomic E-state index is 1.09. The van der Waals surface area contributed by atoms with Crippen molar-refractivity contribution in [1.82, 2.24) is 0 Å². The van der Waals surface area contributed by atoms with Crippen LogP contribution in [0, 0.1) is 0 Å². The third-order valence-electron chi connectivity index (χ3n) is 3.22. The second-order valence-electron chi connectivity index (χ2n) is 4.94. The Morgan fingerprint density at radius 1 is 0.905 bits per heavy atom. The maximum absolute atomic E-state index is 3.90. The van der Waals surface area contributed by atoms with Gasteiger partial charge in [-0.15, -0.1) is 0 Å². The second kappa shape index (κ2) is 16.8. The van der Waals surface area contributed by atoms with Crippen molar-refractivity contribution in [2.75, 3.05) is 0 Å². The van der Waals surface area contributed by atoms with Crippen LogP contribution < -0.4 is 0 Å². The Balaban J connectivity index is 0. The molecule has 0 amide bonds. The lowest BCUT2D eigenvalue weighted by Gasteiger charge is -2.02. The Bertz CT molecular complexity index is 361. The molecule has 0 unspecified atom stereocenters. The molecule has 0 atom stereocenters. The van der Waals surface area contributed by atoms with Crippen molar-refractivity contribution >= 4 is 0 Å².